The monoisotopic (exact) mass is 525 g/mol. The van der Waals surface area contributed by atoms with Crippen molar-refractivity contribution in [3.63, 3.8) is 0 Å². The molecule has 1 saturated heterocycles. The van der Waals surface area contributed by atoms with Crippen LogP contribution >= 0.6 is 24.0 Å². The number of hydrogen-bond donors (Lipinski definition) is 2. The predicted molar refractivity (Wildman–Crippen MR) is 124 cm³/mol. The van der Waals surface area contributed by atoms with Crippen LogP contribution in [0.15, 0.2) is 23.2 Å². The van der Waals surface area contributed by atoms with Crippen molar-refractivity contribution in [3.8, 4) is 5.75 Å². The van der Waals surface area contributed by atoms with E-state index >= 15 is 0 Å². The highest BCUT2D eigenvalue weighted by molar-refractivity contribution is 14.0. The van der Waals surface area contributed by atoms with Gasteiger partial charge in [-0.05, 0) is 25.0 Å². The molecule has 1 heterocycles. The fourth-order valence-electron chi connectivity index (χ4n) is 2.73. The summed E-state index contributed by atoms with van der Waals surface area (Å²) in [6, 6.07) is 6.13. The molecule has 2 N–H and O–H groups in total. The Balaban J connectivity index is 0.00000392. The molecule has 28 heavy (non-hydrogen) atoms. The lowest BCUT2D eigenvalue weighted by Gasteiger charge is -2.17. The van der Waals surface area contributed by atoms with Crippen LogP contribution in [0.5, 0.6) is 5.75 Å². The van der Waals surface area contributed by atoms with Crippen LogP contribution in [0, 0.1) is 12.8 Å². The van der Waals surface area contributed by atoms with Crippen LogP contribution in [-0.2, 0) is 21.1 Å². The zero-order valence-electron chi connectivity index (χ0n) is 16.9. The van der Waals surface area contributed by atoms with E-state index in [1.165, 1.54) is 0 Å². The van der Waals surface area contributed by atoms with Gasteiger partial charge in [-0.1, -0.05) is 19.1 Å². The van der Waals surface area contributed by atoms with Gasteiger partial charge in [0.1, 0.15) is 5.75 Å². The minimum absolute atomic E-state index is 0. The highest BCUT2D eigenvalue weighted by Gasteiger charge is 2.17. The van der Waals surface area contributed by atoms with Crippen LogP contribution in [-0.4, -0.2) is 59.3 Å². The number of guanidine groups is 1. The third-order valence-electron chi connectivity index (χ3n) is 4.54. The smallest absolute Gasteiger partial charge is 0.191 e. The number of rotatable bonds is 9. The van der Waals surface area contributed by atoms with Gasteiger partial charge in [-0.15, -0.1) is 24.0 Å². The molecule has 0 radical (unpaired) electrons. The fourth-order valence-corrected chi connectivity index (χ4v) is 3.44. The third kappa shape index (κ3) is 8.52. The van der Waals surface area contributed by atoms with E-state index in [4.69, 9.17) is 9.47 Å². The van der Waals surface area contributed by atoms with Crippen molar-refractivity contribution in [2.24, 2.45) is 10.9 Å². The van der Waals surface area contributed by atoms with Gasteiger partial charge in [-0.3, -0.25) is 4.99 Å². The van der Waals surface area contributed by atoms with Gasteiger partial charge < -0.3 is 20.1 Å². The molecule has 160 valence electrons. The number of nitrogens with zero attached hydrogens (tertiary/aromatic N) is 1. The van der Waals surface area contributed by atoms with Crippen LogP contribution in [0.25, 0.3) is 0 Å². The summed E-state index contributed by atoms with van der Waals surface area (Å²) in [7, 11) is -1.33. The van der Waals surface area contributed by atoms with Crippen molar-refractivity contribution < 1.29 is 17.9 Å². The Bertz CT molecular complexity index is 735. The first kappa shape index (κ1) is 25.0. The molecule has 1 unspecified atom stereocenters. The summed E-state index contributed by atoms with van der Waals surface area (Å²) in [6.45, 7) is 6.78. The lowest BCUT2D eigenvalue weighted by Crippen LogP contribution is -2.39. The summed E-state index contributed by atoms with van der Waals surface area (Å²) in [5.41, 5.74) is 2.17. The zero-order chi connectivity index (χ0) is 19.7. The fraction of sp³-hybridized carbons (Fsp3) is 0.632. The Morgan fingerprint density at radius 3 is 2.79 bits per heavy atom. The molecule has 0 spiro atoms. The van der Waals surface area contributed by atoms with E-state index < -0.39 is 9.84 Å². The number of nitrogens with one attached hydrogen (secondary N) is 2. The van der Waals surface area contributed by atoms with Crippen LogP contribution < -0.4 is 15.4 Å². The molecule has 1 fully saturated rings. The molecule has 0 aliphatic carbocycles. The number of halogens is 1. The van der Waals surface area contributed by atoms with Crippen molar-refractivity contribution in [1.29, 1.82) is 0 Å². The minimum atomic E-state index is -2.99. The maximum atomic E-state index is 11.6. The second-order valence-electron chi connectivity index (χ2n) is 6.74. The molecule has 7 nitrogen and oxygen atoms in total. The van der Waals surface area contributed by atoms with Gasteiger partial charge in [-0.25, -0.2) is 8.42 Å². The Kier molecular flexibility index (Phi) is 11.1. The summed E-state index contributed by atoms with van der Waals surface area (Å²) >= 11 is 0. The molecule has 0 bridgehead atoms. The van der Waals surface area contributed by atoms with E-state index in [2.05, 4.69) is 15.6 Å². The quantitative estimate of drug-likeness (QED) is 0.292. The largest absolute Gasteiger partial charge is 0.493 e. The third-order valence-corrected chi connectivity index (χ3v) is 6.24. The summed E-state index contributed by atoms with van der Waals surface area (Å²) in [6.07, 6.45) is 1.04. The molecule has 1 aromatic rings. The van der Waals surface area contributed by atoms with Crippen molar-refractivity contribution in [2.45, 2.75) is 26.8 Å². The number of benzene rings is 1. The molecule has 1 aromatic carbocycles. The highest BCUT2D eigenvalue weighted by Crippen LogP contribution is 2.22. The molecule has 1 atom stereocenters. The highest BCUT2D eigenvalue weighted by atomic mass is 127. The van der Waals surface area contributed by atoms with E-state index in [0.717, 1.165) is 36.5 Å². The van der Waals surface area contributed by atoms with Crippen molar-refractivity contribution in [1.82, 2.24) is 10.6 Å². The van der Waals surface area contributed by atoms with Crippen molar-refractivity contribution in [2.75, 3.05) is 44.9 Å². The second-order valence-corrected chi connectivity index (χ2v) is 9.21. The Morgan fingerprint density at radius 1 is 1.36 bits per heavy atom. The first-order valence-electron chi connectivity index (χ1n) is 9.38. The van der Waals surface area contributed by atoms with Crippen LogP contribution in [0.2, 0.25) is 0 Å². The molecule has 1 aliphatic rings. The molecule has 1 aliphatic heterocycles. The van der Waals surface area contributed by atoms with Crippen LogP contribution in [0.1, 0.15) is 24.5 Å². The summed E-state index contributed by atoms with van der Waals surface area (Å²) in [5.74, 6) is 2.11. The zero-order valence-corrected chi connectivity index (χ0v) is 20.0. The maximum absolute atomic E-state index is 11.6. The number of aliphatic imine (C=N–C) groups is 1. The maximum Gasteiger partial charge on any atom is 0.191 e. The van der Waals surface area contributed by atoms with E-state index in [0.29, 0.717) is 31.6 Å². The number of aryl methyl sites for hydroxylation is 1. The molecule has 9 heteroatoms. The average molecular weight is 525 g/mol. The number of hydrogen-bond acceptors (Lipinski definition) is 5. The Hall–Kier alpha value is -1.07. The lowest BCUT2D eigenvalue weighted by atomic mass is 10.1. The lowest BCUT2D eigenvalue weighted by molar-refractivity contribution is 0.166. The van der Waals surface area contributed by atoms with Gasteiger partial charge in [0.05, 0.1) is 19.0 Å². The molecule has 0 saturated carbocycles. The minimum Gasteiger partial charge on any atom is -0.493 e. The Labute approximate surface area is 185 Å². The molecule has 0 aromatic heterocycles. The Morgan fingerprint density at radius 2 is 2.14 bits per heavy atom. The van der Waals surface area contributed by atoms with Crippen LogP contribution in [0.3, 0.4) is 0 Å². The van der Waals surface area contributed by atoms with Crippen molar-refractivity contribution >= 4 is 39.8 Å². The van der Waals surface area contributed by atoms with E-state index in [9.17, 15) is 8.42 Å². The SMILES string of the molecule is CCS(=O)(=O)CCNC(=NC)NCc1ccc(C)cc1OCC1CCOC1.I. The molecular formula is C19H32IN3O4S. The van der Waals surface area contributed by atoms with E-state index in [-0.39, 0.29) is 35.5 Å². The van der Waals surface area contributed by atoms with Gasteiger partial charge in [0, 0.05) is 44.0 Å². The van der Waals surface area contributed by atoms with Crippen molar-refractivity contribution in [3.05, 3.63) is 29.3 Å². The van der Waals surface area contributed by atoms with Gasteiger partial charge in [-0.2, -0.15) is 0 Å². The number of sulfone groups is 1. The molecule has 0 amide bonds. The van der Waals surface area contributed by atoms with Crippen LogP contribution in [0.4, 0.5) is 0 Å². The van der Waals surface area contributed by atoms with E-state index in [1.54, 1.807) is 14.0 Å². The van der Waals surface area contributed by atoms with Gasteiger partial charge >= 0.3 is 0 Å². The first-order chi connectivity index (χ1) is 12.9. The standard InChI is InChI=1S/C19H31N3O4S.HI/c1-4-27(23,24)10-8-21-19(20-3)22-12-17-6-5-15(2)11-18(17)26-14-16-7-9-25-13-16;/h5-6,11,16H,4,7-10,12-14H2,1-3H3,(H2,20,21,22);1H. The predicted octanol–water partition coefficient (Wildman–Crippen LogP) is 2.13. The molecular weight excluding hydrogens is 493 g/mol. The summed E-state index contributed by atoms with van der Waals surface area (Å²) in [5, 5.41) is 6.26. The summed E-state index contributed by atoms with van der Waals surface area (Å²) in [4.78, 5) is 4.15. The van der Waals surface area contributed by atoms with Gasteiger partial charge in [0.2, 0.25) is 0 Å². The normalized spacial score (nSPS) is 17.1. The average Bonchev–Trinajstić information content (AvgIpc) is 3.17. The summed E-state index contributed by atoms with van der Waals surface area (Å²) < 4.78 is 34.6. The van der Waals surface area contributed by atoms with Gasteiger partial charge in [0.15, 0.2) is 15.8 Å². The van der Waals surface area contributed by atoms with Gasteiger partial charge in [0.25, 0.3) is 0 Å². The topological polar surface area (TPSA) is 89.0 Å². The molecule has 2 rings (SSSR count). The first-order valence-corrected chi connectivity index (χ1v) is 11.2. The second kappa shape index (κ2) is 12.5. The number of ether oxygens (including phenoxy) is 2. The van der Waals surface area contributed by atoms with E-state index in [1.807, 2.05) is 25.1 Å².